The van der Waals surface area contributed by atoms with Crippen molar-refractivity contribution in [1.82, 2.24) is 19.7 Å². The smallest absolute Gasteiger partial charge is 0.252 e. The van der Waals surface area contributed by atoms with Crippen molar-refractivity contribution in [3.8, 4) is 11.7 Å². The van der Waals surface area contributed by atoms with E-state index in [-0.39, 0.29) is 16.4 Å². The molecule has 3 aromatic rings. The molecule has 4 rings (SSSR count). The minimum absolute atomic E-state index is 0.0646. The molecule has 1 N–H and O–H groups in total. The van der Waals surface area contributed by atoms with Gasteiger partial charge in [0.25, 0.3) is 5.95 Å². The summed E-state index contributed by atoms with van der Waals surface area (Å²) in [6, 6.07) is 9.86. The first kappa shape index (κ1) is 21.1. The number of hydrogen-bond donors (Lipinski definition) is 1. The highest BCUT2D eigenvalue weighted by Crippen LogP contribution is 2.46. The molecule has 1 aromatic carbocycles. The number of amides is 1. The molecule has 0 saturated heterocycles. The van der Waals surface area contributed by atoms with Crippen LogP contribution in [0.1, 0.15) is 40.4 Å². The summed E-state index contributed by atoms with van der Waals surface area (Å²) in [5.74, 6) is 1.79. The quantitative estimate of drug-likeness (QED) is 0.601. The lowest BCUT2D eigenvalue weighted by atomic mass is 10.0. The van der Waals surface area contributed by atoms with Crippen molar-refractivity contribution in [2.75, 3.05) is 11.9 Å². The standard InChI is InChI=1S/C23H25N5O2S/c1-6-11-30-18-9-7-17(8-10-18)20-19-15(4)27-28(21(19)26-22(29)16(5)31-20)23-24-13(2)12-14(3)25-23/h6-10,12,16,20H,1,11H2,2-5H3,(H,26,29). The summed E-state index contributed by atoms with van der Waals surface area (Å²) in [5, 5.41) is 7.46. The molecular formula is C23H25N5O2S. The summed E-state index contributed by atoms with van der Waals surface area (Å²) in [4.78, 5) is 21.9. The van der Waals surface area contributed by atoms with Crippen molar-refractivity contribution in [2.45, 2.75) is 38.2 Å². The number of thioether (sulfide) groups is 1. The summed E-state index contributed by atoms with van der Waals surface area (Å²) in [6.07, 6.45) is 1.72. The summed E-state index contributed by atoms with van der Waals surface area (Å²) in [7, 11) is 0. The Labute approximate surface area is 185 Å². The fraction of sp³-hybridized carbons (Fsp3) is 0.304. The second-order valence-electron chi connectivity index (χ2n) is 7.53. The minimum atomic E-state index is -0.234. The number of aromatic nitrogens is 4. The summed E-state index contributed by atoms with van der Waals surface area (Å²) >= 11 is 1.60. The Morgan fingerprint density at radius 3 is 2.52 bits per heavy atom. The van der Waals surface area contributed by atoms with Gasteiger partial charge in [0, 0.05) is 17.0 Å². The van der Waals surface area contributed by atoms with Gasteiger partial charge in [0.15, 0.2) is 0 Å². The summed E-state index contributed by atoms with van der Waals surface area (Å²) in [5.41, 5.74) is 4.56. The molecule has 0 fully saturated rings. The van der Waals surface area contributed by atoms with Crippen LogP contribution < -0.4 is 10.1 Å². The third kappa shape index (κ3) is 4.20. The Hall–Kier alpha value is -3.13. The number of nitrogens with one attached hydrogen (secondary N) is 1. The number of carbonyl (C=O) groups excluding carboxylic acids is 1. The van der Waals surface area contributed by atoms with Gasteiger partial charge in [-0.15, -0.1) is 11.8 Å². The van der Waals surface area contributed by atoms with Crippen molar-refractivity contribution >= 4 is 23.5 Å². The first-order valence-electron chi connectivity index (χ1n) is 10.1. The Bertz CT molecular complexity index is 1120. The minimum Gasteiger partial charge on any atom is -0.490 e. The van der Waals surface area contributed by atoms with Crippen molar-refractivity contribution in [2.24, 2.45) is 0 Å². The van der Waals surface area contributed by atoms with Gasteiger partial charge >= 0.3 is 0 Å². The predicted octanol–water partition coefficient (Wildman–Crippen LogP) is 4.32. The lowest BCUT2D eigenvalue weighted by Crippen LogP contribution is -2.23. The van der Waals surface area contributed by atoms with Crippen LogP contribution in [0.15, 0.2) is 43.0 Å². The van der Waals surface area contributed by atoms with Crippen LogP contribution >= 0.6 is 11.8 Å². The zero-order valence-electron chi connectivity index (χ0n) is 18.0. The van der Waals surface area contributed by atoms with Crippen molar-refractivity contribution < 1.29 is 9.53 Å². The molecule has 160 valence electrons. The lowest BCUT2D eigenvalue weighted by Gasteiger charge is -2.18. The maximum atomic E-state index is 12.8. The highest BCUT2D eigenvalue weighted by Gasteiger charge is 2.34. The van der Waals surface area contributed by atoms with Crippen LogP contribution in [0.3, 0.4) is 0 Å². The van der Waals surface area contributed by atoms with Gasteiger partial charge in [0.05, 0.1) is 16.2 Å². The average molecular weight is 436 g/mol. The third-order valence-corrected chi connectivity index (χ3v) is 6.43. The molecule has 0 spiro atoms. The molecule has 2 aromatic heterocycles. The van der Waals surface area contributed by atoms with Gasteiger partial charge in [-0.1, -0.05) is 24.8 Å². The highest BCUT2D eigenvalue weighted by molar-refractivity contribution is 8.01. The number of carbonyl (C=O) groups is 1. The van der Waals surface area contributed by atoms with E-state index < -0.39 is 0 Å². The molecule has 3 heterocycles. The number of hydrogen-bond acceptors (Lipinski definition) is 6. The molecule has 1 aliphatic heterocycles. The van der Waals surface area contributed by atoms with Crippen LogP contribution in [0.4, 0.5) is 5.82 Å². The largest absolute Gasteiger partial charge is 0.490 e. The van der Waals surface area contributed by atoms with E-state index >= 15 is 0 Å². The number of anilines is 1. The van der Waals surface area contributed by atoms with Crippen LogP contribution in [0, 0.1) is 20.8 Å². The maximum Gasteiger partial charge on any atom is 0.252 e. The van der Waals surface area contributed by atoms with Crippen LogP contribution in [0.25, 0.3) is 5.95 Å². The Balaban J connectivity index is 1.82. The molecule has 2 atom stereocenters. The number of benzene rings is 1. The van der Waals surface area contributed by atoms with Gasteiger partial charge < -0.3 is 10.1 Å². The number of rotatable bonds is 5. The predicted molar refractivity (Wildman–Crippen MR) is 123 cm³/mol. The van der Waals surface area contributed by atoms with Gasteiger partial charge in [-0.25, -0.2) is 9.97 Å². The SMILES string of the molecule is C=CCOc1ccc(C2SC(C)C(=O)Nc3c2c(C)nn3-c2nc(C)cc(C)n2)cc1. The Kier molecular flexibility index (Phi) is 5.82. The molecule has 0 radical (unpaired) electrons. The van der Waals surface area contributed by atoms with E-state index in [0.717, 1.165) is 34.0 Å². The van der Waals surface area contributed by atoms with E-state index in [1.54, 1.807) is 22.5 Å². The van der Waals surface area contributed by atoms with Crippen LogP contribution in [-0.4, -0.2) is 37.5 Å². The van der Waals surface area contributed by atoms with Crippen LogP contribution in [0.2, 0.25) is 0 Å². The van der Waals surface area contributed by atoms with Crippen molar-refractivity contribution in [3.05, 3.63) is 71.2 Å². The molecular weight excluding hydrogens is 410 g/mol. The molecule has 1 aliphatic rings. The van der Waals surface area contributed by atoms with Crippen molar-refractivity contribution in [1.29, 1.82) is 0 Å². The van der Waals surface area contributed by atoms with E-state index in [0.29, 0.717) is 18.4 Å². The van der Waals surface area contributed by atoms with E-state index in [9.17, 15) is 4.79 Å². The first-order chi connectivity index (χ1) is 14.9. The fourth-order valence-corrected chi connectivity index (χ4v) is 4.94. The zero-order chi connectivity index (χ0) is 22.1. The number of aryl methyl sites for hydroxylation is 3. The normalized spacial score (nSPS) is 18.1. The van der Waals surface area contributed by atoms with Crippen LogP contribution in [-0.2, 0) is 4.79 Å². The van der Waals surface area contributed by atoms with E-state index in [1.807, 2.05) is 58.0 Å². The molecule has 8 heteroatoms. The third-order valence-electron chi connectivity index (χ3n) is 5.03. The average Bonchev–Trinajstić information content (AvgIpc) is 2.98. The molecule has 31 heavy (non-hydrogen) atoms. The fourth-order valence-electron chi connectivity index (χ4n) is 3.61. The maximum absolute atomic E-state index is 12.8. The van der Waals surface area contributed by atoms with Gasteiger partial charge in [-0.2, -0.15) is 9.78 Å². The Morgan fingerprint density at radius 1 is 1.19 bits per heavy atom. The number of nitrogens with zero attached hydrogens (tertiary/aromatic N) is 4. The summed E-state index contributed by atoms with van der Waals surface area (Å²) < 4.78 is 7.26. The molecule has 1 amide bonds. The zero-order valence-corrected chi connectivity index (χ0v) is 18.9. The summed E-state index contributed by atoms with van der Waals surface area (Å²) in [6.45, 7) is 11.8. The molecule has 7 nitrogen and oxygen atoms in total. The second-order valence-corrected chi connectivity index (χ2v) is 8.98. The van der Waals surface area contributed by atoms with Gasteiger partial charge in [-0.05, 0) is 51.5 Å². The lowest BCUT2D eigenvalue weighted by molar-refractivity contribution is -0.115. The van der Waals surface area contributed by atoms with Crippen LogP contribution in [0.5, 0.6) is 5.75 Å². The molecule has 0 saturated carbocycles. The number of fused-ring (bicyclic) bond motifs is 1. The molecule has 0 aliphatic carbocycles. The van der Waals surface area contributed by atoms with E-state index in [4.69, 9.17) is 9.84 Å². The topological polar surface area (TPSA) is 81.9 Å². The monoisotopic (exact) mass is 435 g/mol. The Morgan fingerprint density at radius 2 is 1.87 bits per heavy atom. The second kappa shape index (κ2) is 8.55. The van der Waals surface area contributed by atoms with Gasteiger partial charge in [-0.3, -0.25) is 4.79 Å². The van der Waals surface area contributed by atoms with Crippen molar-refractivity contribution in [3.63, 3.8) is 0 Å². The highest BCUT2D eigenvalue weighted by atomic mass is 32.2. The van der Waals surface area contributed by atoms with Gasteiger partial charge in [0.2, 0.25) is 5.91 Å². The van der Waals surface area contributed by atoms with E-state index in [2.05, 4.69) is 21.9 Å². The van der Waals surface area contributed by atoms with Gasteiger partial charge in [0.1, 0.15) is 18.2 Å². The molecule has 2 unspecified atom stereocenters. The first-order valence-corrected chi connectivity index (χ1v) is 11.0. The molecule has 0 bridgehead atoms. The number of ether oxygens (including phenoxy) is 1. The van der Waals surface area contributed by atoms with E-state index in [1.165, 1.54) is 0 Å².